The molecule has 0 bridgehead atoms. The highest BCUT2D eigenvalue weighted by molar-refractivity contribution is 7.90. The molecule has 0 aliphatic heterocycles. The molecule has 0 saturated heterocycles. The van der Waals surface area contributed by atoms with Crippen molar-refractivity contribution in [1.82, 2.24) is 10.3 Å². The highest BCUT2D eigenvalue weighted by atomic mass is 32.2. The number of hydrogen-bond acceptors (Lipinski definition) is 4. The first-order valence-electron chi connectivity index (χ1n) is 5.23. The van der Waals surface area contributed by atoms with Crippen LogP contribution in [0.4, 0.5) is 0 Å². The predicted molar refractivity (Wildman–Crippen MR) is 65.1 cm³/mol. The molecule has 16 heavy (non-hydrogen) atoms. The van der Waals surface area contributed by atoms with Gasteiger partial charge in [-0.05, 0) is 25.5 Å². The second-order valence-electron chi connectivity index (χ2n) is 4.01. The fraction of sp³-hybridized carbons (Fsp3) is 0.545. The number of nitrogens with zero attached hydrogens (tertiary/aromatic N) is 1. The van der Waals surface area contributed by atoms with Gasteiger partial charge in [-0.3, -0.25) is 4.98 Å². The van der Waals surface area contributed by atoms with Crippen molar-refractivity contribution in [3.05, 3.63) is 29.6 Å². The topological polar surface area (TPSA) is 59.1 Å². The second kappa shape index (κ2) is 5.41. The maximum atomic E-state index is 11.0. The Labute approximate surface area is 97.0 Å². The normalized spacial score (nSPS) is 13.7. The summed E-state index contributed by atoms with van der Waals surface area (Å²) in [5.41, 5.74) is 2.08. The summed E-state index contributed by atoms with van der Waals surface area (Å²) < 4.78 is 21.9. The Balaban J connectivity index is 2.54. The molecule has 0 amide bonds. The van der Waals surface area contributed by atoms with Gasteiger partial charge in [0.05, 0.1) is 11.4 Å². The van der Waals surface area contributed by atoms with Gasteiger partial charge in [-0.25, -0.2) is 8.42 Å². The lowest BCUT2D eigenvalue weighted by atomic mass is 10.1. The average molecular weight is 242 g/mol. The van der Waals surface area contributed by atoms with E-state index in [2.05, 4.69) is 10.3 Å². The summed E-state index contributed by atoms with van der Waals surface area (Å²) in [5.74, 6) is 0.156. The second-order valence-corrected chi connectivity index (χ2v) is 6.27. The van der Waals surface area contributed by atoms with E-state index < -0.39 is 9.84 Å². The molecular formula is C11H18N2O2S. The number of hydrogen-bond donors (Lipinski definition) is 1. The van der Waals surface area contributed by atoms with E-state index in [1.54, 1.807) is 6.20 Å². The van der Waals surface area contributed by atoms with Crippen LogP contribution in [-0.4, -0.2) is 32.0 Å². The molecule has 0 fully saturated rings. The van der Waals surface area contributed by atoms with Gasteiger partial charge < -0.3 is 5.32 Å². The highest BCUT2D eigenvalue weighted by Gasteiger charge is 2.09. The minimum atomic E-state index is -2.90. The van der Waals surface area contributed by atoms with Crippen LogP contribution in [0.15, 0.2) is 18.3 Å². The zero-order valence-electron chi connectivity index (χ0n) is 9.90. The van der Waals surface area contributed by atoms with Crippen molar-refractivity contribution in [2.45, 2.75) is 19.9 Å². The molecular weight excluding hydrogens is 224 g/mol. The monoisotopic (exact) mass is 242 g/mol. The summed E-state index contributed by atoms with van der Waals surface area (Å²) in [4.78, 5) is 4.28. The van der Waals surface area contributed by atoms with E-state index in [0.29, 0.717) is 6.54 Å². The fourth-order valence-corrected chi connectivity index (χ4v) is 2.00. The van der Waals surface area contributed by atoms with Gasteiger partial charge in [0.25, 0.3) is 0 Å². The third-order valence-electron chi connectivity index (χ3n) is 2.38. The van der Waals surface area contributed by atoms with E-state index in [-0.39, 0.29) is 11.8 Å². The van der Waals surface area contributed by atoms with E-state index in [9.17, 15) is 8.42 Å². The Kier molecular flexibility index (Phi) is 4.44. The van der Waals surface area contributed by atoms with Crippen LogP contribution in [0.3, 0.4) is 0 Å². The lowest BCUT2D eigenvalue weighted by Gasteiger charge is -2.14. The van der Waals surface area contributed by atoms with Gasteiger partial charge >= 0.3 is 0 Å². The summed E-state index contributed by atoms with van der Waals surface area (Å²) in [5, 5.41) is 3.15. The molecule has 1 heterocycles. The minimum Gasteiger partial charge on any atom is -0.308 e. The molecule has 1 unspecified atom stereocenters. The number of pyridine rings is 1. The van der Waals surface area contributed by atoms with E-state index in [1.807, 2.05) is 26.0 Å². The highest BCUT2D eigenvalue weighted by Crippen LogP contribution is 2.12. The molecule has 0 radical (unpaired) electrons. The van der Waals surface area contributed by atoms with Crippen LogP contribution in [0.2, 0.25) is 0 Å². The quantitative estimate of drug-likeness (QED) is 0.839. The Morgan fingerprint density at radius 2 is 2.19 bits per heavy atom. The van der Waals surface area contributed by atoms with E-state index in [0.717, 1.165) is 11.3 Å². The Morgan fingerprint density at radius 3 is 2.75 bits per heavy atom. The van der Waals surface area contributed by atoms with Crippen LogP contribution in [0.25, 0.3) is 0 Å². The molecule has 1 rings (SSSR count). The molecule has 0 saturated carbocycles. The van der Waals surface area contributed by atoms with Crippen molar-refractivity contribution < 1.29 is 8.42 Å². The lowest BCUT2D eigenvalue weighted by Crippen LogP contribution is -2.26. The van der Waals surface area contributed by atoms with E-state index >= 15 is 0 Å². The zero-order valence-corrected chi connectivity index (χ0v) is 10.7. The SMILES string of the molecule is Cc1cccnc1C(C)NCCS(C)(=O)=O. The van der Waals surface area contributed by atoms with Crippen LogP contribution >= 0.6 is 0 Å². The van der Waals surface area contributed by atoms with Gasteiger partial charge in [-0.15, -0.1) is 0 Å². The molecule has 0 aliphatic rings. The molecule has 1 N–H and O–H groups in total. The van der Waals surface area contributed by atoms with Crippen molar-refractivity contribution in [1.29, 1.82) is 0 Å². The van der Waals surface area contributed by atoms with Crippen LogP contribution in [0.1, 0.15) is 24.2 Å². The van der Waals surface area contributed by atoms with Crippen molar-refractivity contribution >= 4 is 9.84 Å². The van der Waals surface area contributed by atoms with Crippen molar-refractivity contribution in [2.75, 3.05) is 18.6 Å². The molecule has 1 aromatic heterocycles. The Hall–Kier alpha value is -0.940. The third kappa shape index (κ3) is 4.28. The van der Waals surface area contributed by atoms with Crippen LogP contribution in [0.5, 0.6) is 0 Å². The minimum absolute atomic E-state index is 0.0722. The predicted octanol–water partition coefficient (Wildman–Crippen LogP) is 1.09. The standard InChI is InChI=1S/C11H18N2O2S/c1-9-5-4-6-13-11(9)10(2)12-7-8-16(3,14)15/h4-6,10,12H,7-8H2,1-3H3. The van der Waals surface area contributed by atoms with Crippen LogP contribution < -0.4 is 5.32 Å². The van der Waals surface area contributed by atoms with Crippen LogP contribution in [-0.2, 0) is 9.84 Å². The maximum Gasteiger partial charge on any atom is 0.148 e. The van der Waals surface area contributed by atoms with E-state index in [1.165, 1.54) is 6.26 Å². The number of sulfone groups is 1. The number of aryl methyl sites for hydroxylation is 1. The third-order valence-corrected chi connectivity index (χ3v) is 3.33. The lowest BCUT2D eigenvalue weighted by molar-refractivity contribution is 0.566. The molecule has 0 aromatic carbocycles. The van der Waals surface area contributed by atoms with Gasteiger partial charge in [0.15, 0.2) is 0 Å². The number of rotatable bonds is 5. The largest absolute Gasteiger partial charge is 0.308 e. The van der Waals surface area contributed by atoms with Gasteiger partial charge in [-0.2, -0.15) is 0 Å². The zero-order chi connectivity index (χ0) is 12.2. The van der Waals surface area contributed by atoms with Crippen molar-refractivity contribution in [2.24, 2.45) is 0 Å². The average Bonchev–Trinajstić information content (AvgIpc) is 2.16. The van der Waals surface area contributed by atoms with Gasteiger partial charge in [0.1, 0.15) is 9.84 Å². The molecule has 1 atom stereocenters. The molecule has 0 aliphatic carbocycles. The first-order valence-corrected chi connectivity index (χ1v) is 7.29. The van der Waals surface area contributed by atoms with E-state index in [4.69, 9.17) is 0 Å². The Bertz CT molecular complexity index is 443. The molecule has 1 aromatic rings. The summed E-state index contributed by atoms with van der Waals surface area (Å²) >= 11 is 0. The summed E-state index contributed by atoms with van der Waals surface area (Å²) in [6, 6.07) is 3.96. The van der Waals surface area contributed by atoms with Gasteiger partial charge in [-0.1, -0.05) is 6.07 Å². The number of nitrogens with one attached hydrogen (secondary N) is 1. The smallest absolute Gasteiger partial charge is 0.148 e. The maximum absolute atomic E-state index is 11.0. The van der Waals surface area contributed by atoms with Gasteiger partial charge in [0.2, 0.25) is 0 Å². The van der Waals surface area contributed by atoms with Crippen molar-refractivity contribution in [3.8, 4) is 0 Å². The molecule has 0 spiro atoms. The molecule has 5 heteroatoms. The summed E-state index contributed by atoms with van der Waals surface area (Å²) in [6.07, 6.45) is 2.99. The first kappa shape index (κ1) is 13.1. The fourth-order valence-electron chi connectivity index (χ4n) is 1.51. The van der Waals surface area contributed by atoms with Crippen molar-refractivity contribution in [3.63, 3.8) is 0 Å². The first-order chi connectivity index (χ1) is 7.40. The Morgan fingerprint density at radius 1 is 1.50 bits per heavy atom. The summed E-state index contributed by atoms with van der Waals surface area (Å²) in [6.45, 7) is 4.44. The number of aromatic nitrogens is 1. The van der Waals surface area contributed by atoms with Crippen LogP contribution in [0, 0.1) is 6.92 Å². The summed E-state index contributed by atoms with van der Waals surface area (Å²) in [7, 11) is -2.90. The molecule has 4 nitrogen and oxygen atoms in total. The van der Waals surface area contributed by atoms with Gasteiger partial charge in [0, 0.05) is 25.0 Å². The molecule has 90 valence electrons.